The first-order valence-corrected chi connectivity index (χ1v) is 6.28. The second-order valence-electron chi connectivity index (χ2n) is 5.10. The lowest BCUT2D eigenvalue weighted by molar-refractivity contribution is -0.384. The summed E-state index contributed by atoms with van der Waals surface area (Å²) in [4.78, 5) is 10.3. The molecule has 0 aliphatic rings. The van der Waals surface area contributed by atoms with E-state index in [9.17, 15) is 10.1 Å². The Labute approximate surface area is 117 Å². The maximum absolute atomic E-state index is 10.8. The predicted octanol–water partition coefficient (Wildman–Crippen LogP) is 3.99. The number of nitriles is 1. The summed E-state index contributed by atoms with van der Waals surface area (Å²) in [6.45, 7) is 4.72. The highest BCUT2D eigenvalue weighted by Crippen LogP contribution is 2.29. The van der Waals surface area contributed by atoms with Crippen molar-refractivity contribution in [3.05, 3.63) is 33.3 Å². The Morgan fingerprint density at radius 2 is 2.21 bits per heavy atom. The Balaban J connectivity index is 2.71. The van der Waals surface area contributed by atoms with E-state index in [2.05, 4.69) is 11.4 Å². The number of anilines is 1. The maximum atomic E-state index is 10.8. The highest BCUT2D eigenvalue weighted by molar-refractivity contribution is 6.32. The minimum atomic E-state index is -0.506. The SMILES string of the molecule is CC(C)(CCC#N)CNc1ccc(Cl)c([N+](=O)[O-])c1. The molecule has 0 saturated carbocycles. The predicted molar refractivity (Wildman–Crippen MR) is 75.2 cm³/mol. The second kappa shape index (κ2) is 6.39. The van der Waals surface area contributed by atoms with E-state index in [4.69, 9.17) is 16.9 Å². The molecule has 0 spiro atoms. The Bertz CT molecular complexity index is 509. The first-order chi connectivity index (χ1) is 8.85. The van der Waals surface area contributed by atoms with E-state index >= 15 is 0 Å². The molecule has 6 heteroatoms. The van der Waals surface area contributed by atoms with Gasteiger partial charge in [-0.15, -0.1) is 0 Å². The molecular weight excluding hydrogens is 266 g/mol. The Kier molecular flexibility index (Phi) is 5.13. The van der Waals surface area contributed by atoms with E-state index in [1.54, 1.807) is 6.07 Å². The molecule has 0 radical (unpaired) electrons. The van der Waals surface area contributed by atoms with Gasteiger partial charge < -0.3 is 5.32 Å². The number of benzene rings is 1. The van der Waals surface area contributed by atoms with Crippen molar-refractivity contribution < 1.29 is 4.92 Å². The van der Waals surface area contributed by atoms with E-state index in [1.165, 1.54) is 12.1 Å². The molecule has 0 amide bonds. The summed E-state index contributed by atoms with van der Waals surface area (Å²) in [5.41, 5.74) is 0.493. The molecule has 0 unspecified atom stereocenters. The van der Waals surface area contributed by atoms with Crippen molar-refractivity contribution in [3.8, 4) is 6.07 Å². The molecule has 1 aromatic rings. The van der Waals surface area contributed by atoms with Crippen LogP contribution in [-0.2, 0) is 0 Å². The van der Waals surface area contributed by atoms with Crippen molar-refractivity contribution in [1.82, 2.24) is 0 Å². The lowest BCUT2D eigenvalue weighted by Crippen LogP contribution is -2.22. The molecule has 102 valence electrons. The smallest absolute Gasteiger partial charge is 0.289 e. The van der Waals surface area contributed by atoms with Gasteiger partial charge in [0, 0.05) is 24.7 Å². The van der Waals surface area contributed by atoms with Crippen LogP contribution < -0.4 is 5.32 Å². The Morgan fingerprint density at radius 1 is 1.53 bits per heavy atom. The van der Waals surface area contributed by atoms with Gasteiger partial charge in [-0.05, 0) is 24.0 Å². The van der Waals surface area contributed by atoms with Crippen LogP contribution in [0.3, 0.4) is 0 Å². The summed E-state index contributed by atoms with van der Waals surface area (Å²) in [5.74, 6) is 0. The van der Waals surface area contributed by atoms with Crippen molar-refractivity contribution in [1.29, 1.82) is 5.26 Å². The van der Waals surface area contributed by atoms with E-state index in [1.807, 2.05) is 13.8 Å². The second-order valence-corrected chi connectivity index (χ2v) is 5.51. The van der Waals surface area contributed by atoms with Gasteiger partial charge in [-0.1, -0.05) is 25.4 Å². The molecule has 0 aromatic heterocycles. The van der Waals surface area contributed by atoms with Crippen LogP contribution in [0.5, 0.6) is 0 Å². The van der Waals surface area contributed by atoms with Gasteiger partial charge in [-0.2, -0.15) is 5.26 Å². The van der Waals surface area contributed by atoms with Crippen molar-refractivity contribution >= 4 is 23.0 Å². The van der Waals surface area contributed by atoms with E-state index in [-0.39, 0.29) is 16.1 Å². The number of hydrogen-bond acceptors (Lipinski definition) is 4. The van der Waals surface area contributed by atoms with Gasteiger partial charge in [0.15, 0.2) is 0 Å². The van der Waals surface area contributed by atoms with Gasteiger partial charge in [0.05, 0.1) is 11.0 Å². The van der Waals surface area contributed by atoms with Crippen LogP contribution in [0.4, 0.5) is 11.4 Å². The molecule has 0 bridgehead atoms. The first-order valence-electron chi connectivity index (χ1n) is 5.90. The lowest BCUT2D eigenvalue weighted by Gasteiger charge is -2.24. The van der Waals surface area contributed by atoms with E-state index in [0.29, 0.717) is 18.7 Å². The van der Waals surface area contributed by atoms with Crippen LogP contribution in [0.2, 0.25) is 5.02 Å². The zero-order chi connectivity index (χ0) is 14.5. The molecule has 1 aromatic carbocycles. The summed E-state index contributed by atoms with van der Waals surface area (Å²) < 4.78 is 0. The fraction of sp³-hybridized carbons (Fsp3) is 0.462. The number of halogens is 1. The zero-order valence-corrected chi connectivity index (χ0v) is 11.7. The normalized spacial score (nSPS) is 10.8. The minimum Gasteiger partial charge on any atom is -0.384 e. The summed E-state index contributed by atoms with van der Waals surface area (Å²) >= 11 is 5.74. The first kappa shape index (κ1) is 15.3. The van der Waals surface area contributed by atoms with Crippen molar-refractivity contribution in [2.45, 2.75) is 26.7 Å². The van der Waals surface area contributed by atoms with Crippen LogP contribution in [0.25, 0.3) is 0 Å². The third-order valence-corrected chi connectivity index (χ3v) is 3.15. The van der Waals surface area contributed by atoms with Gasteiger partial charge in [0.25, 0.3) is 5.69 Å². The van der Waals surface area contributed by atoms with Crippen LogP contribution in [0.15, 0.2) is 18.2 Å². The highest BCUT2D eigenvalue weighted by atomic mass is 35.5. The molecular formula is C13H16ClN3O2. The highest BCUT2D eigenvalue weighted by Gasteiger charge is 2.18. The number of rotatable bonds is 6. The van der Waals surface area contributed by atoms with Crippen LogP contribution in [0.1, 0.15) is 26.7 Å². The average Bonchev–Trinajstić information content (AvgIpc) is 2.35. The minimum absolute atomic E-state index is 0.0514. The maximum Gasteiger partial charge on any atom is 0.289 e. The number of nitro benzene ring substituents is 1. The molecule has 1 N–H and O–H groups in total. The molecule has 0 atom stereocenters. The largest absolute Gasteiger partial charge is 0.384 e. The van der Waals surface area contributed by atoms with Gasteiger partial charge in [-0.3, -0.25) is 10.1 Å². The van der Waals surface area contributed by atoms with Crippen LogP contribution >= 0.6 is 11.6 Å². The van der Waals surface area contributed by atoms with Gasteiger partial charge in [-0.25, -0.2) is 0 Å². The summed E-state index contributed by atoms with van der Waals surface area (Å²) in [6.07, 6.45) is 1.27. The third-order valence-electron chi connectivity index (χ3n) is 2.83. The summed E-state index contributed by atoms with van der Waals surface area (Å²) in [6, 6.07) is 6.75. The Morgan fingerprint density at radius 3 is 2.79 bits per heavy atom. The summed E-state index contributed by atoms with van der Waals surface area (Å²) in [7, 11) is 0. The van der Waals surface area contributed by atoms with Crippen molar-refractivity contribution in [2.24, 2.45) is 5.41 Å². The fourth-order valence-electron chi connectivity index (χ4n) is 1.59. The van der Waals surface area contributed by atoms with Crippen molar-refractivity contribution in [2.75, 3.05) is 11.9 Å². The number of nitrogens with one attached hydrogen (secondary N) is 1. The molecule has 0 heterocycles. The van der Waals surface area contributed by atoms with Gasteiger partial charge in [0.2, 0.25) is 0 Å². The molecule has 0 aliphatic heterocycles. The van der Waals surface area contributed by atoms with Gasteiger partial charge in [0.1, 0.15) is 5.02 Å². The van der Waals surface area contributed by atoms with Crippen LogP contribution in [0, 0.1) is 26.9 Å². The summed E-state index contributed by atoms with van der Waals surface area (Å²) in [5, 5.41) is 22.6. The average molecular weight is 282 g/mol. The number of hydrogen-bond donors (Lipinski definition) is 1. The quantitative estimate of drug-likeness (QED) is 0.631. The molecule has 0 aliphatic carbocycles. The van der Waals surface area contributed by atoms with E-state index in [0.717, 1.165) is 6.42 Å². The number of nitro groups is 1. The Hall–Kier alpha value is -1.80. The third kappa shape index (κ3) is 4.76. The van der Waals surface area contributed by atoms with Crippen LogP contribution in [-0.4, -0.2) is 11.5 Å². The zero-order valence-electron chi connectivity index (χ0n) is 10.9. The van der Waals surface area contributed by atoms with E-state index < -0.39 is 4.92 Å². The van der Waals surface area contributed by atoms with Crippen molar-refractivity contribution in [3.63, 3.8) is 0 Å². The lowest BCUT2D eigenvalue weighted by atomic mass is 9.88. The topological polar surface area (TPSA) is 79.0 Å². The number of nitrogens with zero attached hydrogens (tertiary/aromatic N) is 2. The fourth-order valence-corrected chi connectivity index (χ4v) is 1.77. The molecule has 19 heavy (non-hydrogen) atoms. The monoisotopic (exact) mass is 281 g/mol. The molecule has 0 fully saturated rings. The molecule has 0 saturated heterocycles. The molecule has 1 rings (SSSR count). The van der Waals surface area contributed by atoms with Gasteiger partial charge >= 0.3 is 0 Å². The molecule has 5 nitrogen and oxygen atoms in total. The standard InChI is InChI=1S/C13H16ClN3O2/c1-13(2,6-3-7-15)9-16-10-4-5-11(14)12(8-10)17(18)19/h4-5,8,16H,3,6,9H2,1-2H3.